The van der Waals surface area contributed by atoms with Crippen LogP contribution in [0.15, 0.2) is 0 Å². The molecule has 0 aromatic carbocycles. The molecule has 1 heterocycles. The van der Waals surface area contributed by atoms with Crippen LogP contribution in [-0.4, -0.2) is 35.4 Å². The lowest BCUT2D eigenvalue weighted by Gasteiger charge is -2.20. The van der Waals surface area contributed by atoms with Gasteiger partial charge in [-0.3, -0.25) is 4.79 Å². The van der Waals surface area contributed by atoms with E-state index in [0.717, 1.165) is 6.42 Å². The lowest BCUT2D eigenvalue weighted by molar-refractivity contribution is -0.151. The van der Waals surface area contributed by atoms with Crippen LogP contribution < -0.4 is 0 Å². The van der Waals surface area contributed by atoms with E-state index in [1.807, 2.05) is 0 Å². The highest BCUT2D eigenvalue weighted by Crippen LogP contribution is 2.18. The molecular weight excluding hydrogens is 194 g/mol. The molecule has 5 heteroatoms. The molecule has 0 bridgehead atoms. The zero-order valence-corrected chi connectivity index (χ0v) is 8.21. The summed E-state index contributed by atoms with van der Waals surface area (Å²) in [7, 11) is 0. The van der Waals surface area contributed by atoms with Gasteiger partial charge < -0.3 is 9.64 Å². The molecule has 0 spiro atoms. The number of hydrogen-bond acceptors (Lipinski definition) is 3. The molecule has 0 aromatic rings. The molecule has 1 rings (SSSR count). The third kappa shape index (κ3) is 2.34. The maximum absolute atomic E-state index is 11.3. The van der Waals surface area contributed by atoms with Crippen LogP contribution in [0.1, 0.15) is 19.8 Å². The van der Waals surface area contributed by atoms with Gasteiger partial charge in [-0.05, 0) is 12.8 Å². The summed E-state index contributed by atoms with van der Waals surface area (Å²) < 4.78 is 4.64. The second kappa shape index (κ2) is 4.46. The third-order valence-corrected chi connectivity index (χ3v) is 2.24. The Labute approximate surface area is 81.8 Å². The molecule has 1 aliphatic rings. The van der Waals surface area contributed by atoms with Crippen LogP contribution in [0.5, 0.6) is 0 Å². The summed E-state index contributed by atoms with van der Waals surface area (Å²) in [5.74, 6) is -0.489. The van der Waals surface area contributed by atoms with E-state index < -0.39 is 12.0 Å². The fourth-order valence-corrected chi connectivity index (χ4v) is 1.65. The van der Waals surface area contributed by atoms with Crippen LogP contribution in [0.4, 0.5) is 0 Å². The second-order valence-electron chi connectivity index (χ2n) is 2.94. The number of ether oxygens (including phenoxy) is 1. The van der Waals surface area contributed by atoms with Crippen molar-refractivity contribution in [1.29, 1.82) is 0 Å². The fourth-order valence-electron chi connectivity index (χ4n) is 1.54. The van der Waals surface area contributed by atoms with E-state index in [-0.39, 0.29) is 12.0 Å². The summed E-state index contributed by atoms with van der Waals surface area (Å²) in [5.41, 5.74) is 0. The number of esters is 1. The number of likely N-dealkylation sites (tertiary alicyclic amines) is 1. The Morgan fingerprint density at radius 2 is 2.31 bits per heavy atom. The lowest BCUT2D eigenvalue weighted by Crippen LogP contribution is -2.40. The Bertz CT molecular complexity index is 219. The van der Waals surface area contributed by atoms with Crippen molar-refractivity contribution in [2.24, 2.45) is 0 Å². The van der Waals surface area contributed by atoms with Crippen LogP contribution in [0.25, 0.3) is 0 Å². The van der Waals surface area contributed by atoms with Gasteiger partial charge in [0, 0.05) is 13.5 Å². The lowest BCUT2D eigenvalue weighted by atomic mass is 10.2. The number of halogens is 1. The number of carbonyl (C=O) groups excluding carboxylic acids is 2. The molecule has 0 saturated carbocycles. The molecule has 1 aliphatic heterocycles. The molecule has 1 saturated heterocycles. The summed E-state index contributed by atoms with van der Waals surface area (Å²) in [5, 5.41) is 0. The van der Waals surface area contributed by atoms with Gasteiger partial charge >= 0.3 is 5.97 Å². The van der Waals surface area contributed by atoms with Crippen LogP contribution in [-0.2, 0) is 14.3 Å². The predicted molar refractivity (Wildman–Crippen MR) is 47.2 cm³/mol. The Kier molecular flexibility index (Phi) is 3.54. The van der Waals surface area contributed by atoms with Gasteiger partial charge in [-0.1, -0.05) is 11.6 Å². The van der Waals surface area contributed by atoms with Crippen molar-refractivity contribution in [2.75, 3.05) is 12.6 Å². The zero-order chi connectivity index (χ0) is 9.84. The van der Waals surface area contributed by atoms with Crippen molar-refractivity contribution in [1.82, 2.24) is 4.90 Å². The molecule has 0 aliphatic carbocycles. The predicted octanol–water partition coefficient (Wildman–Crippen LogP) is 0.737. The van der Waals surface area contributed by atoms with Crippen molar-refractivity contribution in [2.45, 2.75) is 25.8 Å². The minimum Gasteiger partial charge on any atom is -0.448 e. The van der Waals surface area contributed by atoms with Crippen LogP contribution in [0.3, 0.4) is 0 Å². The Balaban J connectivity index is 2.57. The van der Waals surface area contributed by atoms with Crippen LogP contribution in [0.2, 0.25) is 0 Å². The first kappa shape index (κ1) is 10.3. The highest BCUT2D eigenvalue weighted by Gasteiger charge is 2.33. The topological polar surface area (TPSA) is 46.6 Å². The van der Waals surface area contributed by atoms with E-state index in [9.17, 15) is 9.59 Å². The van der Waals surface area contributed by atoms with Crippen molar-refractivity contribution in [3.63, 3.8) is 0 Å². The number of alkyl halides is 1. The average Bonchev–Trinajstić information content (AvgIpc) is 2.52. The summed E-state index contributed by atoms with van der Waals surface area (Å²) >= 11 is 5.26. The molecule has 13 heavy (non-hydrogen) atoms. The summed E-state index contributed by atoms with van der Waals surface area (Å²) in [4.78, 5) is 23.8. The van der Waals surface area contributed by atoms with Gasteiger partial charge in [0.25, 0.3) is 0 Å². The highest BCUT2D eigenvalue weighted by atomic mass is 35.5. The minimum absolute atomic E-state index is 0.0889. The Morgan fingerprint density at radius 1 is 1.62 bits per heavy atom. The summed E-state index contributed by atoms with van der Waals surface area (Å²) in [6.07, 6.45) is 1.52. The number of rotatable bonds is 2. The number of amides is 1. The Morgan fingerprint density at radius 3 is 2.85 bits per heavy atom. The van der Waals surface area contributed by atoms with Gasteiger partial charge in [0.2, 0.25) is 5.91 Å². The minimum atomic E-state index is -0.420. The molecule has 1 atom stereocenters. The van der Waals surface area contributed by atoms with Gasteiger partial charge in [0.05, 0.1) is 0 Å². The van der Waals surface area contributed by atoms with Crippen molar-refractivity contribution >= 4 is 23.5 Å². The molecular formula is C8H12ClNO3. The summed E-state index contributed by atoms with van der Waals surface area (Å²) in [6, 6.07) is -0.572. The third-order valence-electron chi connectivity index (χ3n) is 2.13. The standard InChI is InChI=1S/C8H12ClNO3/c1-6(11)10-4-2-3-7(10)8(12)13-5-9/h7H,2-5H2,1H3/t7-/m1/s1. The largest absolute Gasteiger partial charge is 0.448 e. The van der Waals surface area contributed by atoms with Gasteiger partial charge in [-0.25, -0.2) is 4.79 Å². The molecule has 1 amide bonds. The normalized spacial score (nSPS) is 21.7. The molecule has 74 valence electrons. The van der Waals surface area contributed by atoms with E-state index in [0.29, 0.717) is 13.0 Å². The maximum atomic E-state index is 11.3. The van der Waals surface area contributed by atoms with Crippen molar-refractivity contribution < 1.29 is 14.3 Å². The van der Waals surface area contributed by atoms with E-state index >= 15 is 0 Å². The first-order chi connectivity index (χ1) is 6.16. The summed E-state index contributed by atoms with van der Waals surface area (Å²) in [6.45, 7) is 2.09. The van der Waals surface area contributed by atoms with Crippen LogP contribution in [0, 0.1) is 0 Å². The van der Waals surface area contributed by atoms with Crippen molar-refractivity contribution in [3.8, 4) is 0 Å². The number of carbonyl (C=O) groups is 2. The zero-order valence-electron chi connectivity index (χ0n) is 7.46. The molecule has 0 N–H and O–H groups in total. The molecule has 0 radical (unpaired) electrons. The highest BCUT2D eigenvalue weighted by molar-refractivity contribution is 6.17. The first-order valence-electron chi connectivity index (χ1n) is 4.16. The van der Waals surface area contributed by atoms with Crippen molar-refractivity contribution in [3.05, 3.63) is 0 Å². The Hall–Kier alpha value is -0.770. The fraction of sp³-hybridized carbons (Fsp3) is 0.750. The van der Waals surface area contributed by atoms with Gasteiger partial charge in [0.15, 0.2) is 6.07 Å². The van der Waals surface area contributed by atoms with E-state index in [2.05, 4.69) is 4.74 Å². The van der Waals surface area contributed by atoms with Gasteiger partial charge in [-0.2, -0.15) is 0 Å². The maximum Gasteiger partial charge on any atom is 0.330 e. The monoisotopic (exact) mass is 205 g/mol. The molecule has 0 aromatic heterocycles. The van der Waals surface area contributed by atoms with E-state index in [1.165, 1.54) is 11.8 Å². The number of hydrogen-bond donors (Lipinski definition) is 0. The SMILES string of the molecule is CC(=O)N1CCC[C@@H]1C(=O)OCCl. The molecule has 0 unspecified atom stereocenters. The first-order valence-corrected chi connectivity index (χ1v) is 4.70. The smallest absolute Gasteiger partial charge is 0.330 e. The molecule has 1 fully saturated rings. The molecule has 4 nitrogen and oxygen atoms in total. The quantitative estimate of drug-likeness (QED) is 0.494. The van der Waals surface area contributed by atoms with Crippen LogP contribution >= 0.6 is 11.6 Å². The average molecular weight is 206 g/mol. The van der Waals surface area contributed by atoms with Gasteiger partial charge in [0.1, 0.15) is 6.04 Å². The van der Waals surface area contributed by atoms with Gasteiger partial charge in [-0.15, -0.1) is 0 Å². The van der Waals surface area contributed by atoms with E-state index in [4.69, 9.17) is 11.6 Å². The number of nitrogens with zero attached hydrogens (tertiary/aromatic N) is 1. The second-order valence-corrected chi connectivity index (χ2v) is 3.16. The van der Waals surface area contributed by atoms with E-state index in [1.54, 1.807) is 0 Å².